The van der Waals surface area contributed by atoms with Gasteiger partial charge in [0.15, 0.2) is 0 Å². The smallest absolute Gasteiger partial charge is 0.321 e. The molecule has 0 aliphatic heterocycles. The van der Waals surface area contributed by atoms with Gasteiger partial charge in [-0.3, -0.25) is 10.1 Å². The monoisotopic (exact) mass is 271 g/mol. The largest absolute Gasteiger partial charge is 0.392 e. The first-order valence-electron chi connectivity index (χ1n) is 7.07. The summed E-state index contributed by atoms with van der Waals surface area (Å²) in [7, 11) is 0. The zero-order valence-corrected chi connectivity index (χ0v) is 11.7. The molecule has 1 rings (SSSR count). The molecule has 1 saturated carbocycles. The first kappa shape index (κ1) is 15.9. The van der Waals surface area contributed by atoms with Crippen molar-refractivity contribution in [2.24, 2.45) is 0 Å². The van der Waals surface area contributed by atoms with Gasteiger partial charge in [-0.05, 0) is 26.7 Å². The summed E-state index contributed by atoms with van der Waals surface area (Å²) >= 11 is 0. The van der Waals surface area contributed by atoms with E-state index in [-0.39, 0.29) is 11.9 Å². The molecule has 1 aliphatic carbocycles. The molecule has 0 heterocycles. The highest BCUT2D eigenvalue weighted by molar-refractivity contribution is 5.96. The summed E-state index contributed by atoms with van der Waals surface area (Å²) in [5.74, 6) is -0.373. The Balaban J connectivity index is 2.41. The number of urea groups is 1. The van der Waals surface area contributed by atoms with Crippen LogP contribution in [0.3, 0.4) is 0 Å². The maximum Gasteiger partial charge on any atom is 0.321 e. The average molecular weight is 271 g/mol. The molecule has 1 aliphatic rings. The number of hydrogen-bond acceptors (Lipinski definition) is 4. The van der Waals surface area contributed by atoms with E-state index in [1.807, 2.05) is 0 Å². The molecule has 6 nitrogen and oxygen atoms in total. The second-order valence-electron chi connectivity index (χ2n) is 5.05. The summed E-state index contributed by atoms with van der Waals surface area (Å²) < 4.78 is 0. The van der Waals surface area contributed by atoms with E-state index < -0.39 is 18.2 Å². The van der Waals surface area contributed by atoms with E-state index in [0.717, 1.165) is 32.1 Å². The van der Waals surface area contributed by atoms with Crippen molar-refractivity contribution in [3.63, 3.8) is 0 Å². The lowest BCUT2D eigenvalue weighted by molar-refractivity contribution is -0.122. The summed E-state index contributed by atoms with van der Waals surface area (Å²) in [6, 6.07) is -1.06. The molecular formula is C13H25N3O3. The molecule has 6 heteroatoms. The van der Waals surface area contributed by atoms with Crippen LogP contribution < -0.4 is 16.0 Å². The molecule has 19 heavy (non-hydrogen) atoms. The van der Waals surface area contributed by atoms with Gasteiger partial charge in [0, 0.05) is 12.6 Å². The summed E-state index contributed by atoms with van der Waals surface area (Å²) in [6.07, 6.45) is 4.41. The number of rotatable bonds is 4. The van der Waals surface area contributed by atoms with Gasteiger partial charge >= 0.3 is 6.03 Å². The Labute approximate surface area is 114 Å². The fourth-order valence-corrected chi connectivity index (χ4v) is 2.30. The fourth-order valence-electron chi connectivity index (χ4n) is 2.30. The van der Waals surface area contributed by atoms with Gasteiger partial charge < -0.3 is 15.7 Å². The Morgan fingerprint density at radius 1 is 1.26 bits per heavy atom. The number of aliphatic hydroxyl groups excluding tert-OH is 1. The topological polar surface area (TPSA) is 90.5 Å². The van der Waals surface area contributed by atoms with Crippen LogP contribution in [0.5, 0.6) is 0 Å². The zero-order valence-electron chi connectivity index (χ0n) is 11.7. The van der Waals surface area contributed by atoms with Gasteiger partial charge in [0.05, 0.1) is 12.1 Å². The molecule has 0 saturated heterocycles. The molecule has 0 spiro atoms. The number of carbonyl (C=O) groups is 2. The SMILES string of the molecule is CCNC(=O)NC(=O)C(C)NC1CCCCCC1O. The van der Waals surface area contributed by atoms with Crippen molar-refractivity contribution in [3.05, 3.63) is 0 Å². The van der Waals surface area contributed by atoms with Crippen LogP contribution in [0.4, 0.5) is 4.79 Å². The van der Waals surface area contributed by atoms with Crippen LogP contribution in [0.1, 0.15) is 46.0 Å². The number of imide groups is 1. The molecular weight excluding hydrogens is 246 g/mol. The first-order valence-corrected chi connectivity index (χ1v) is 7.07. The molecule has 0 aromatic carbocycles. The van der Waals surface area contributed by atoms with Crippen molar-refractivity contribution in [1.29, 1.82) is 0 Å². The van der Waals surface area contributed by atoms with Crippen molar-refractivity contribution in [2.75, 3.05) is 6.54 Å². The fraction of sp³-hybridized carbons (Fsp3) is 0.846. The number of nitrogens with one attached hydrogen (secondary N) is 3. The van der Waals surface area contributed by atoms with Gasteiger partial charge in [-0.25, -0.2) is 4.79 Å². The summed E-state index contributed by atoms with van der Waals surface area (Å²) in [6.45, 7) is 3.96. The molecule has 3 amide bonds. The van der Waals surface area contributed by atoms with Crippen molar-refractivity contribution >= 4 is 11.9 Å². The molecule has 1 fully saturated rings. The Morgan fingerprint density at radius 3 is 2.63 bits per heavy atom. The van der Waals surface area contributed by atoms with E-state index in [0.29, 0.717) is 6.54 Å². The third-order valence-corrected chi connectivity index (χ3v) is 3.41. The van der Waals surface area contributed by atoms with Crippen molar-refractivity contribution in [1.82, 2.24) is 16.0 Å². The second-order valence-corrected chi connectivity index (χ2v) is 5.05. The van der Waals surface area contributed by atoms with Crippen molar-refractivity contribution < 1.29 is 14.7 Å². The maximum absolute atomic E-state index is 11.8. The molecule has 110 valence electrons. The number of aliphatic hydroxyl groups is 1. The van der Waals surface area contributed by atoms with Gasteiger partial charge in [0.1, 0.15) is 0 Å². The van der Waals surface area contributed by atoms with Crippen molar-refractivity contribution in [3.8, 4) is 0 Å². The zero-order chi connectivity index (χ0) is 14.3. The lowest BCUT2D eigenvalue weighted by Crippen LogP contribution is -2.52. The van der Waals surface area contributed by atoms with Crippen LogP contribution in [0, 0.1) is 0 Å². The third-order valence-electron chi connectivity index (χ3n) is 3.41. The standard InChI is InChI=1S/C13H25N3O3/c1-3-14-13(19)16-12(18)9(2)15-10-7-5-4-6-8-11(10)17/h9-11,15,17H,3-8H2,1-2H3,(H2,14,16,18,19). The molecule has 0 radical (unpaired) electrons. The number of carbonyl (C=O) groups excluding carboxylic acids is 2. The average Bonchev–Trinajstić information content (AvgIpc) is 2.55. The number of hydrogen-bond donors (Lipinski definition) is 4. The van der Waals surface area contributed by atoms with Gasteiger partial charge in [-0.1, -0.05) is 19.3 Å². The van der Waals surface area contributed by atoms with Crippen LogP contribution >= 0.6 is 0 Å². The number of amides is 3. The van der Waals surface area contributed by atoms with Crippen molar-refractivity contribution in [2.45, 2.75) is 64.1 Å². The highest BCUT2D eigenvalue weighted by Crippen LogP contribution is 2.18. The van der Waals surface area contributed by atoms with Crippen LogP contribution in [-0.2, 0) is 4.79 Å². The minimum atomic E-state index is -0.500. The van der Waals surface area contributed by atoms with Gasteiger partial charge in [0.2, 0.25) is 5.91 Å². The minimum absolute atomic E-state index is 0.0718. The van der Waals surface area contributed by atoms with E-state index in [1.54, 1.807) is 13.8 Å². The first-order chi connectivity index (χ1) is 9.04. The second kappa shape index (κ2) is 8.12. The van der Waals surface area contributed by atoms with E-state index >= 15 is 0 Å². The summed E-state index contributed by atoms with van der Waals surface area (Å²) in [5.41, 5.74) is 0. The highest BCUT2D eigenvalue weighted by atomic mass is 16.3. The molecule has 3 atom stereocenters. The van der Waals surface area contributed by atoms with E-state index in [9.17, 15) is 14.7 Å². The summed E-state index contributed by atoms with van der Waals surface area (Å²) in [5, 5.41) is 17.9. The van der Waals surface area contributed by atoms with Crippen LogP contribution in [-0.4, -0.2) is 41.8 Å². The Bertz CT molecular complexity index is 310. The minimum Gasteiger partial charge on any atom is -0.392 e. The van der Waals surface area contributed by atoms with Gasteiger partial charge in [0.25, 0.3) is 0 Å². The Kier molecular flexibility index (Phi) is 6.80. The van der Waals surface area contributed by atoms with Gasteiger partial charge in [-0.15, -0.1) is 0 Å². The molecule has 0 bridgehead atoms. The van der Waals surface area contributed by atoms with Crippen LogP contribution in [0.2, 0.25) is 0 Å². The molecule has 4 N–H and O–H groups in total. The molecule has 3 unspecified atom stereocenters. The molecule has 0 aromatic rings. The maximum atomic E-state index is 11.8. The Morgan fingerprint density at radius 2 is 1.95 bits per heavy atom. The molecule has 0 aromatic heterocycles. The van der Waals surface area contributed by atoms with Crippen LogP contribution in [0.15, 0.2) is 0 Å². The predicted octanol–water partition coefficient (Wildman–Crippen LogP) is 0.504. The lowest BCUT2D eigenvalue weighted by atomic mass is 10.1. The predicted molar refractivity (Wildman–Crippen MR) is 72.7 cm³/mol. The quantitative estimate of drug-likeness (QED) is 0.561. The normalized spacial score (nSPS) is 25.2. The van der Waals surface area contributed by atoms with E-state index in [4.69, 9.17) is 0 Å². The Hall–Kier alpha value is -1.14. The van der Waals surface area contributed by atoms with E-state index in [1.165, 1.54) is 0 Å². The van der Waals surface area contributed by atoms with Gasteiger partial charge in [-0.2, -0.15) is 0 Å². The third kappa shape index (κ3) is 5.57. The van der Waals surface area contributed by atoms with E-state index in [2.05, 4.69) is 16.0 Å². The van der Waals surface area contributed by atoms with Crippen LogP contribution in [0.25, 0.3) is 0 Å². The highest BCUT2D eigenvalue weighted by Gasteiger charge is 2.25. The summed E-state index contributed by atoms with van der Waals surface area (Å²) in [4.78, 5) is 23.0. The lowest BCUT2D eigenvalue weighted by Gasteiger charge is -2.25.